The van der Waals surface area contributed by atoms with Crippen molar-refractivity contribution in [3.63, 3.8) is 0 Å². The van der Waals surface area contributed by atoms with E-state index < -0.39 is 17.8 Å². The molecule has 1 aromatic carbocycles. The van der Waals surface area contributed by atoms with Gasteiger partial charge in [0, 0.05) is 11.8 Å². The van der Waals surface area contributed by atoms with Gasteiger partial charge in [-0.2, -0.15) is 18.3 Å². The van der Waals surface area contributed by atoms with Crippen molar-refractivity contribution in [1.29, 1.82) is 0 Å². The van der Waals surface area contributed by atoms with Crippen molar-refractivity contribution in [3.8, 4) is 5.69 Å². The molecule has 19 heavy (non-hydrogen) atoms. The number of hydrogen-bond acceptors (Lipinski definition) is 2. The molecule has 0 saturated carbocycles. The van der Waals surface area contributed by atoms with Crippen LogP contribution in [0.4, 0.5) is 13.2 Å². The molecule has 0 amide bonds. The molecule has 2 aromatic rings. The lowest BCUT2D eigenvalue weighted by Gasteiger charge is -2.15. The minimum Gasteiger partial charge on any atom is -0.389 e. The third kappa shape index (κ3) is 2.78. The number of hydrogen-bond donors (Lipinski definition) is 1. The van der Waals surface area contributed by atoms with Gasteiger partial charge in [0.1, 0.15) is 0 Å². The number of halogens is 3. The molecule has 0 saturated heterocycles. The molecule has 2 rings (SSSR count). The molecule has 102 valence electrons. The highest BCUT2D eigenvalue weighted by molar-refractivity contribution is 5.45. The van der Waals surface area contributed by atoms with E-state index in [1.807, 2.05) is 0 Å². The first kappa shape index (κ1) is 13.6. The summed E-state index contributed by atoms with van der Waals surface area (Å²) in [6, 6.07) is 4.92. The van der Waals surface area contributed by atoms with Crippen molar-refractivity contribution in [2.75, 3.05) is 0 Å². The summed E-state index contributed by atoms with van der Waals surface area (Å²) in [6.45, 7) is 3.24. The van der Waals surface area contributed by atoms with Crippen LogP contribution in [0.15, 0.2) is 30.5 Å². The fraction of sp³-hybridized carbons (Fsp3) is 0.308. The number of aromatic nitrogens is 2. The maximum atomic E-state index is 12.7. The molecule has 0 aliphatic carbocycles. The Balaban J connectivity index is 2.61. The maximum absolute atomic E-state index is 12.7. The summed E-state index contributed by atoms with van der Waals surface area (Å²) >= 11 is 0. The predicted molar refractivity (Wildman–Crippen MR) is 63.9 cm³/mol. The molecule has 1 atom stereocenters. The summed E-state index contributed by atoms with van der Waals surface area (Å²) in [5.74, 6) is 0. The zero-order valence-electron chi connectivity index (χ0n) is 10.4. The van der Waals surface area contributed by atoms with Gasteiger partial charge in [0.25, 0.3) is 0 Å². The molecular weight excluding hydrogens is 257 g/mol. The highest BCUT2D eigenvalue weighted by atomic mass is 19.4. The van der Waals surface area contributed by atoms with Crippen molar-refractivity contribution in [1.82, 2.24) is 9.78 Å². The molecule has 0 aliphatic heterocycles. The number of aliphatic hydroxyl groups is 1. The van der Waals surface area contributed by atoms with Crippen LogP contribution in [0.5, 0.6) is 0 Å². The molecule has 3 nitrogen and oxygen atoms in total. The number of aryl methyl sites for hydroxylation is 1. The Labute approximate surface area is 108 Å². The first-order valence-corrected chi connectivity index (χ1v) is 5.71. The standard InChI is InChI=1S/C13H13F3N2O/c1-8-5-6-18(17-8)12-7-10(13(14,15)16)3-4-11(12)9(2)19/h3-7,9,19H,1-2H3/t9-/m0/s1. The SMILES string of the molecule is Cc1ccn(-c2cc(C(F)(F)F)ccc2[C@H](C)O)n1. The summed E-state index contributed by atoms with van der Waals surface area (Å²) in [5, 5.41) is 13.7. The lowest BCUT2D eigenvalue weighted by Crippen LogP contribution is -2.09. The Morgan fingerprint density at radius 1 is 1.26 bits per heavy atom. The monoisotopic (exact) mass is 270 g/mol. The molecule has 0 unspecified atom stereocenters. The second-order valence-electron chi connectivity index (χ2n) is 4.35. The second-order valence-corrected chi connectivity index (χ2v) is 4.35. The van der Waals surface area contributed by atoms with Crippen LogP contribution < -0.4 is 0 Å². The molecule has 1 N–H and O–H groups in total. The number of aliphatic hydroxyl groups excluding tert-OH is 1. The molecule has 1 aromatic heterocycles. The highest BCUT2D eigenvalue weighted by Gasteiger charge is 2.31. The molecule has 0 fully saturated rings. The average Bonchev–Trinajstić information content (AvgIpc) is 2.73. The highest BCUT2D eigenvalue weighted by Crippen LogP contribution is 2.33. The van der Waals surface area contributed by atoms with Crippen LogP contribution in [0.2, 0.25) is 0 Å². The number of rotatable bonds is 2. The van der Waals surface area contributed by atoms with Gasteiger partial charge in [0.15, 0.2) is 0 Å². The quantitative estimate of drug-likeness (QED) is 0.909. The molecule has 0 bridgehead atoms. The van der Waals surface area contributed by atoms with Crippen LogP contribution in [0.25, 0.3) is 5.69 Å². The lowest BCUT2D eigenvalue weighted by atomic mass is 10.0. The molecule has 0 radical (unpaired) electrons. The van der Waals surface area contributed by atoms with Crippen molar-refractivity contribution in [2.24, 2.45) is 0 Å². The van der Waals surface area contributed by atoms with E-state index in [1.54, 1.807) is 19.2 Å². The summed E-state index contributed by atoms with van der Waals surface area (Å²) < 4.78 is 39.5. The third-order valence-corrected chi connectivity index (χ3v) is 2.78. The van der Waals surface area contributed by atoms with E-state index >= 15 is 0 Å². The van der Waals surface area contributed by atoms with Crippen molar-refractivity contribution in [3.05, 3.63) is 47.3 Å². The van der Waals surface area contributed by atoms with E-state index in [4.69, 9.17) is 0 Å². The van der Waals surface area contributed by atoms with Crippen LogP contribution in [0.1, 0.15) is 29.8 Å². The Morgan fingerprint density at radius 2 is 1.95 bits per heavy atom. The van der Waals surface area contributed by atoms with Crippen molar-refractivity contribution >= 4 is 0 Å². The van der Waals surface area contributed by atoms with E-state index in [0.29, 0.717) is 11.3 Å². The predicted octanol–water partition coefficient (Wildman–Crippen LogP) is 3.25. The zero-order valence-corrected chi connectivity index (χ0v) is 10.4. The van der Waals surface area contributed by atoms with Gasteiger partial charge >= 0.3 is 6.18 Å². The Kier molecular flexibility index (Phi) is 3.36. The smallest absolute Gasteiger partial charge is 0.389 e. The normalized spacial score (nSPS) is 13.6. The number of alkyl halides is 3. The topological polar surface area (TPSA) is 38.0 Å². The van der Waals surface area contributed by atoms with Crippen LogP contribution >= 0.6 is 0 Å². The minimum absolute atomic E-state index is 0.234. The summed E-state index contributed by atoms with van der Waals surface area (Å²) in [4.78, 5) is 0. The van der Waals surface area contributed by atoms with Gasteiger partial charge in [-0.3, -0.25) is 0 Å². The van der Waals surface area contributed by atoms with E-state index in [2.05, 4.69) is 5.10 Å². The Morgan fingerprint density at radius 3 is 2.42 bits per heavy atom. The van der Waals surface area contributed by atoms with Gasteiger partial charge in [0.2, 0.25) is 0 Å². The molecule has 0 spiro atoms. The van der Waals surface area contributed by atoms with Gasteiger partial charge in [0.05, 0.1) is 23.0 Å². The molecular formula is C13H13F3N2O. The number of nitrogens with zero attached hydrogens (tertiary/aromatic N) is 2. The van der Waals surface area contributed by atoms with Crippen LogP contribution in [-0.4, -0.2) is 14.9 Å². The van der Waals surface area contributed by atoms with Gasteiger partial charge in [-0.1, -0.05) is 6.07 Å². The number of benzene rings is 1. The van der Waals surface area contributed by atoms with Gasteiger partial charge in [-0.15, -0.1) is 0 Å². The first-order valence-electron chi connectivity index (χ1n) is 5.71. The third-order valence-electron chi connectivity index (χ3n) is 2.78. The zero-order chi connectivity index (χ0) is 14.2. The molecule has 6 heteroatoms. The summed E-state index contributed by atoms with van der Waals surface area (Å²) in [5.41, 5.74) is 0.558. The fourth-order valence-corrected chi connectivity index (χ4v) is 1.82. The van der Waals surface area contributed by atoms with Crippen LogP contribution in [0.3, 0.4) is 0 Å². The van der Waals surface area contributed by atoms with E-state index in [-0.39, 0.29) is 5.69 Å². The molecule has 1 heterocycles. The lowest BCUT2D eigenvalue weighted by molar-refractivity contribution is -0.137. The maximum Gasteiger partial charge on any atom is 0.416 e. The van der Waals surface area contributed by atoms with Crippen molar-refractivity contribution in [2.45, 2.75) is 26.1 Å². The largest absolute Gasteiger partial charge is 0.416 e. The van der Waals surface area contributed by atoms with E-state index in [0.717, 1.165) is 12.1 Å². The summed E-state index contributed by atoms with van der Waals surface area (Å²) in [7, 11) is 0. The summed E-state index contributed by atoms with van der Waals surface area (Å²) in [6.07, 6.45) is -3.73. The van der Waals surface area contributed by atoms with Gasteiger partial charge < -0.3 is 5.11 Å². The van der Waals surface area contributed by atoms with Crippen molar-refractivity contribution < 1.29 is 18.3 Å². The minimum atomic E-state index is -4.42. The first-order chi connectivity index (χ1) is 8.79. The van der Waals surface area contributed by atoms with Crippen LogP contribution in [0, 0.1) is 6.92 Å². The van der Waals surface area contributed by atoms with Crippen LogP contribution in [-0.2, 0) is 6.18 Å². The van der Waals surface area contributed by atoms with Gasteiger partial charge in [-0.05, 0) is 32.0 Å². The fourth-order valence-electron chi connectivity index (χ4n) is 1.82. The Hall–Kier alpha value is -1.82. The van der Waals surface area contributed by atoms with Gasteiger partial charge in [-0.25, -0.2) is 4.68 Å². The molecule has 0 aliphatic rings. The average molecular weight is 270 g/mol. The van der Waals surface area contributed by atoms with E-state index in [1.165, 1.54) is 17.7 Å². The second kappa shape index (κ2) is 4.70. The van der Waals surface area contributed by atoms with E-state index in [9.17, 15) is 18.3 Å². The Bertz CT molecular complexity index is 588.